The van der Waals surface area contributed by atoms with Crippen LogP contribution in [0.1, 0.15) is 22.3 Å². The summed E-state index contributed by atoms with van der Waals surface area (Å²) in [6.07, 6.45) is 0. The Kier molecular flexibility index (Phi) is 4.86. The maximum Gasteiger partial charge on any atom is 0.243 e. The number of fused-ring (bicyclic) bond motifs is 1. The fourth-order valence-corrected chi connectivity index (χ4v) is 3.42. The Hall–Kier alpha value is -2.33. The molecule has 0 atom stereocenters. The molecule has 2 aromatic rings. The number of para-hydroxylation sites is 1. The molecule has 0 fully saturated rings. The zero-order chi connectivity index (χ0) is 17.1. The SMILES string of the molecule is Cc1cc(C)c(NC(=O)CN2CCNCc3ccccc32)c(C)c1. The second kappa shape index (κ2) is 7.05. The van der Waals surface area contributed by atoms with E-state index >= 15 is 0 Å². The van der Waals surface area contributed by atoms with Crippen LogP contribution < -0.4 is 15.5 Å². The van der Waals surface area contributed by atoms with Crippen LogP contribution >= 0.6 is 0 Å². The summed E-state index contributed by atoms with van der Waals surface area (Å²) in [7, 11) is 0. The van der Waals surface area contributed by atoms with Gasteiger partial charge in [-0.15, -0.1) is 0 Å². The minimum atomic E-state index is 0.0294. The molecule has 1 aliphatic heterocycles. The summed E-state index contributed by atoms with van der Waals surface area (Å²) in [6.45, 7) is 9.09. The molecule has 4 heteroatoms. The molecule has 1 aliphatic rings. The Bertz CT molecular complexity index is 731. The van der Waals surface area contributed by atoms with Crippen LogP contribution in [-0.2, 0) is 11.3 Å². The van der Waals surface area contributed by atoms with E-state index in [4.69, 9.17) is 0 Å². The smallest absolute Gasteiger partial charge is 0.243 e. The van der Waals surface area contributed by atoms with Gasteiger partial charge in [0.2, 0.25) is 5.91 Å². The van der Waals surface area contributed by atoms with E-state index in [9.17, 15) is 4.79 Å². The number of amides is 1. The molecular formula is C20H25N3O. The highest BCUT2D eigenvalue weighted by molar-refractivity contribution is 5.95. The van der Waals surface area contributed by atoms with Gasteiger partial charge in [-0.2, -0.15) is 0 Å². The van der Waals surface area contributed by atoms with Crippen molar-refractivity contribution in [1.29, 1.82) is 0 Å². The Morgan fingerprint density at radius 2 is 1.88 bits per heavy atom. The summed E-state index contributed by atoms with van der Waals surface area (Å²) in [4.78, 5) is 14.8. The lowest BCUT2D eigenvalue weighted by molar-refractivity contribution is -0.115. The molecule has 0 radical (unpaired) electrons. The quantitative estimate of drug-likeness (QED) is 0.912. The van der Waals surface area contributed by atoms with E-state index in [0.717, 1.165) is 42.1 Å². The average Bonchev–Trinajstić information content (AvgIpc) is 2.73. The number of hydrogen-bond donors (Lipinski definition) is 2. The highest BCUT2D eigenvalue weighted by atomic mass is 16.2. The topological polar surface area (TPSA) is 44.4 Å². The lowest BCUT2D eigenvalue weighted by Gasteiger charge is -2.24. The first-order valence-electron chi connectivity index (χ1n) is 8.46. The standard InChI is InChI=1S/C20H25N3O/c1-14-10-15(2)20(16(3)11-14)22-19(24)13-23-9-8-21-12-17-6-4-5-7-18(17)23/h4-7,10-11,21H,8-9,12-13H2,1-3H3,(H,22,24). The molecule has 1 amide bonds. The molecule has 126 valence electrons. The third-order valence-corrected chi connectivity index (χ3v) is 4.48. The lowest BCUT2D eigenvalue weighted by Crippen LogP contribution is -2.36. The van der Waals surface area contributed by atoms with Crippen molar-refractivity contribution >= 4 is 17.3 Å². The van der Waals surface area contributed by atoms with Crippen molar-refractivity contribution in [1.82, 2.24) is 5.32 Å². The number of anilines is 2. The van der Waals surface area contributed by atoms with Gasteiger partial charge < -0.3 is 15.5 Å². The van der Waals surface area contributed by atoms with Crippen LogP contribution in [0.2, 0.25) is 0 Å². The fourth-order valence-electron chi connectivity index (χ4n) is 3.42. The summed E-state index contributed by atoms with van der Waals surface area (Å²) in [5, 5.41) is 6.51. The predicted octanol–water partition coefficient (Wildman–Crippen LogP) is 3.16. The van der Waals surface area contributed by atoms with Crippen LogP contribution in [0.4, 0.5) is 11.4 Å². The van der Waals surface area contributed by atoms with Crippen LogP contribution in [0.15, 0.2) is 36.4 Å². The average molecular weight is 323 g/mol. The zero-order valence-corrected chi connectivity index (χ0v) is 14.6. The summed E-state index contributed by atoms with van der Waals surface area (Å²) in [5.41, 5.74) is 6.76. The second-order valence-electron chi connectivity index (χ2n) is 6.55. The second-order valence-corrected chi connectivity index (χ2v) is 6.55. The third kappa shape index (κ3) is 3.60. The van der Waals surface area contributed by atoms with Crippen LogP contribution in [0.3, 0.4) is 0 Å². The number of carbonyl (C=O) groups is 1. The van der Waals surface area contributed by atoms with Gasteiger partial charge in [-0.05, 0) is 43.5 Å². The van der Waals surface area contributed by atoms with Gasteiger partial charge in [-0.25, -0.2) is 0 Å². The largest absolute Gasteiger partial charge is 0.361 e. The third-order valence-electron chi connectivity index (χ3n) is 4.48. The minimum Gasteiger partial charge on any atom is -0.361 e. The van der Waals surface area contributed by atoms with E-state index in [2.05, 4.69) is 46.7 Å². The van der Waals surface area contributed by atoms with Crippen molar-refractivity contribution in [3.63, 3.8) is 0 Å². The summed E-state index contributed by atoms with van der Waals surface area (Å²) < 4.78 is 0. The molecule has 3 rings (SSSR count). The molecule has 0 bridgehead atoms. The molecule has 2 aromatic carbocycles. The maximum absolute atomic E-state index is 12.6. The summed E-state index contributed by atoms with van der Waals surface area (Å²) in [6, 6.07) is 12.5. The lowest BCUT2D eigenvalue weighted by atomic mass is 10.1. The van der Waals surface area contributed by atoms with Gasteiger partial charge in [0.25, 0.3) is 0 Å². The molecule has 0 saturated heterocycles. The first-order valence-corrected chi connectivity index (χ1v) is 8.46. The van der Waals surface area contributed by atoms with Crippen molar-refractivity contribution < 1.29 is 4.79 Å². The van der Waals surface area contributed by atoms with Crippen LogP contribution in [0.25, 0.3) is 0 Å². The number of carbonyl (C=O) groups excluding carboxylic acids is 1. The molecule has 0 spiro atoms. The molecule has 4 nitrogen and oxygen atoms in total. The van der Waals surface area contributed by atoms with Crippen molar-refractivity contribution in [2.45, 2.75) is 27.3 Å². The molecule has 0 saturated carbocycles. The van der Waals surface area contributed by atoms with Gasteiger partial charge in [0.1, 0.15) is 0 Å². The van der Waals surface area contributed by atoms with Gasteiger partial charge in [-0.3, -0.25) is 4.79 Å². The van der Waals surface area contributed by atoms with Crippen LogP contribution in [0, 0.1) is 20.8 Å². The van der Waals surface area contributed by atoms with E-state index in [1.807, 2.05) is 26.0 Å². The highest BCUT2D eigenvalue weighted by Crippen LogP contribution is 2.24. The van der Waals surface area contributed by atoms with Gasteiger partial charge in [0.15, 0.2) is 0 Å². The molecule has 0 aromatic heterocycles. The predicted molar refractivity (Wildman–Crippen MR) is 99.6 cm³/mol. The van der Waals surface area contributed by atoms with Crippen molar-refractivity contribution in [3.8, 4) is 0 Å². The number of aryl methyl sites for hydroxylation is 3. The summed E-state index contributed by atoms with van der Waals surface area (Å²) >= 11 is 0. The Balaban J connectivity index is 1.76. The number of benzene rings is 2. The molecule has 24 heavy (non-hydrogen) atoms. The monoisotopic (exact) mass is 323 g/mol. The minimum absolute atomic E-state index is 0.0294. The van der Waals surface area contributed by atoms with Gasteiger partial charge in [-0.1, -0.05) is 35.9 Å². The number of hydrogen-bond acceptors (Lipinski definition) is 3. The van der Waals surface area contributed by atoms with Crippen molar-refractivity contribution in [2.75, 3.05) is 29.9 Å². The zero-order valence-electron chi connectivity index (χ0n) is 14.6. The summed E-state index contributed by atoms with van der Waals surface area (Å²) in [5.74, 6) is 0.0294. The fraction of sp³-hybridized carbons (Fsp3) is 0.350. The van der Waals surface area contributed by atoms with Crippen LogP contribution in [-0.4, -0.2) is 25.5 Å². The van der Waals surface area contributed by atoms with E-state index in [1.54, 1.807) is 0 Å². The Morgan fingerprint density at radius 1 is 1.17 bits per heavy atom. The number of rotatable bonds is 3. The van der Waals surface area contributed by atoms with Crippen molar-refractivity contribution in [3.05, 3.63) is 58.7 Å². The van der Waals surface area contributed by atoms with E-state index < -0.39 is 0 Å². The first-order chi connectivity index (χ1) is 11.5. The Morgan fingerprint density at radius 3 is 2.62 bits per heavy atom. The van der Waals surface area contributed by atoms with E-state index in [1.165, 1.54) is 11.1 Å². The van der Waals surface area contributed by atoms with Gasteiger partial charge in [0.05, 0.1) is 6.54 Å². The van der Waals surface area contributed by atoms with Gasteiger partial charge in [0, 0.05) is 31.0 Å². The number of nitrogens with zero attached hydrogens (tertiary/aromatic N) is 1. The van der Waals surface area contributed by atoms with E-state index in [0.29, 0.717) is 6.54 Å². The molecule has 0 unspecified atom stereocenters. The Labute approximate surface area is 143 Å². The normalized spacial score (nSPS) is 14.0. The number of nitrogens with one attached hydrogen (secondary N) is 2. The first kappa shape index (κ1) is 16.5. The van der Waals surface area contributed by atoms with E-state index in [-0.39, 0.29) is 5.91 Å². The molecular weight excluding hydrogens is 298 g/mol. The molecule has 1 heterocycles. The van der Waals surface area contributed by atoms with Gasteiger partial charge >= 0.3 is 0 Å². The molecule has 0 aliphatic carbocycles. The van der Waals surface area contributed by atoms with Crippen molar-refractivity contribution in [2.24, 2.45) is 0 Å². The highest BCUT2D eigenvalue weighted by Gasteiger charge is 2.18. The maximum atomic E-state index is 12.6. The molecule has 2 N–H and O–H groups in total. The van der Waals surface area contributed by atoms with Crippen LogP contribution in [0.5, 0.6) is 0 Å².